The molecule has 1 aromatic carbocycles. The van der Waals surface area contributed by atoms with Gasteiger partial charge in [0.2, 0.25) is 11.0 Å². The second kappa shape index (κ2) is 8.12. The average Bonchev–Trinajstić information content (AvgIpc) is 3.28. The average molecular weight is 434 g/mol. The Kier molecular flexibility index (Phi) is 5.56. The van der Waals surface area contributed by atoms with Crippen molar-refractivity contribution in [1.29, 1.82) is 0 Å². The standard InChI is InChI=1S/C20H21ClFN5OS/c1-13-19(21)14(2)27(24-13)20-23-16(12-29-20)11-18(28)26-9-7-25(8-10-26)17-5-3-15(22)4-6-17/h3-6,12H,7-11H2,1-2H3. The first-order valence-corrected chi connectivity index (χ1v) is 10.6. The number of aryl methyl sites for hydroxylation is 1. The smallest absolute Gasteiger partial charge is 0.228 e. The van der Waals surface area contributed by atoms with Crippen LogP contribution >= 0.6 is 22.9 Å². The van der Waals surface area contributed by atoms with E-state index >= 15 is 0 Å². The lowest BCUT2D eigenvalue weighted by Crippen LogP contribution is -2.49. The summed E-state index contributed by atoms with van der Waals surface area (Å²) in [6.45, 7) is 6.49. The van der Waals surface area contributed by atoms with Gasteiger partial charge in [0, 0.05) is 37.2 Å². The number of nitrogens with zero attached hydrogens (tertiary/aromatic N) is 5. The van der Waals surface area contributed by atoms with Crippen LogP contribution in [0.3, 0.4) is 0 Å². The van der Waals surface area contributed by atoms with Crippen molar-refractivity contribution in [2.45, 2.75) is 20.3 Å². The Balaban J connectivity index is 1.36. The van der Waals surface area contributed by atoms with Crippen LogP contribution in [0.1, 0.15) is 17.1 Å². The molecule has 29 heavy (non-hydrogen) atoms. The zero-order chi connectivity index (χ0) is 20.5. The maximum Gasteiger partial charge on any atom is 0.228 e. The summed E-state index contributed by atoms with van der Waals surface area (Å²) in [6, 6.07) is 6.47. The van der Waals surface area contributed by atoms with E-state index in [4.69, 9.17) is 11.6 Å². The van der Waals surface area contributed by atoms with Gasteiger partial charge in [-0.25, -0.2) is 14.1 Å². The van der Waals surface area contributed by atoms with Crippen LogP contribution in [0.5, 0.6) is 0 Å². The third-order valence-corrected chi connectivity index (χ3v) is 6.49. The van der Waals surface area contributed by atoms with E-state index in [0.717, 1.165) is 35.9 Å². The van der Waals surface area contributed by atoms with E-state index in [0.29, 0.717) is 23.2 Å². The Morgan fingerprint density at radius 1 is 1.17 bits per heavy atom. The number of hydrogen-bond acceptors (Lipinski definition) is 5. The van der Waals surface area contributed by atoms with Gasteiger partial charge in [-0.2, -0.15) is 5.10 Å². The highest BCUT2D eigenvalue weighted by molar-refractivity contribution is 7.12. The molecule has 1 amide bonds. The van der Waals surface area contributed by atoms with E-state index < -0.39 is 0 Å². The van der Waals surface area contributed by atoms with Crippen LogP contribution in [0.15, 0.2) is 29.6 Å². The Labute approximate surface area is 177 Å². The van der Waals surface area contributed by atoms with Gasteiger partial charge in [-0.3, -0.25) is 4.79 Å². The highest BCUT2D eigenvalue weighted by atomic mass is 35.5. The monoisotopic (exact) mass is 433 g/mol. The number of aromatic nitrogens is 3. The molecule has 2 aromatic heterocycles. The summed E-state index contributed by atoms with van der Waals surface area (Å²) in [5.74, 6) is -0.181. The molecule has 0 unspecified atom stereocenters. The fourth-order valence-corrected chi connectivity index (χ4v) is 4.36. The summed E-state index contributed by atoms with van der Waals surface area (Å²) in [5, 5.41) is 7.65. The predicted octanol–water partition coefficient (Wildman–Crippen LogP) is 3.63. The van der Waals surface area contributed by atoms with E-state index in [1.165, 1.54) is 23.5 Å². The Morgan fingerprint density at radius 2 is 1.86 bits per heavy atom. The summed E-state index contributed by atoms with van der Waals surface area (Å²) in [5.41, 5.74) is 3.31. The molecule has 6 nitrogen and oxygen atoms in total. The topological polar surface area (TPSA) is 54.3 Å². The minimum Gasteiger partial charge on any atom is -0.368 e. The molecule has 0 radical (unpaired) electrons. The first-order valence-electron chi connectivity index (χ1n) is 9.37. The zero-order valence-electron chi connectivity index (χ0n) is 16.2. The number of carbonyl (C=O) groups excluding carboxylic acids is 1. The second-order valence-corrected chi connectivity index (χ2v) is 8.25. The van der Waals surface area contributed by atoms with Crippen LogP contribution < -0.4 is 4.90 Å². The van der Waals surface area contributed by atoms with E-state index in [1.807, 2.05) is 24.1 Å². The first kappa shape index (κ1) is 19.8. The number of thiazole rings is 1. The predicted molar refractivity (Wildman–Crippen MR) is 113 cm³/mol. The summed E-state index contributed by atoms with van der Waals surface area (Å²) < 4.78 is 14.8. The fourth-order valence-electron chi connectivity index (χ4n) is 3.42. The van der Waals surface area contributed by atoms with E-state index in [2.05, 4.69) is 15.0 Å². The van der Waals surface area contributed by atoms with Gasteiger partial charge in [0.05, 0.1) is 28.5 Å². The summed E-state index contributed by atoms with van der Waals surface area (Å²) in [6.07, 6.45) is 0.264. The first-order chi connectivity index (χ1) is 13.9. The zero-order valence-corrected chi connectivity index (χ0v) is 17.8. The van der Waals surface area contributed by atoms with Crippen molar-refractivity contribution in [3.63, 3.8) is 0 Å². The lowest BCUT2D eigenvalue weighted by Gasteiger charge is -2.36. The van der Waals surface area contributed by atoms with Crippen LogP contribution in [-0.4, -0.2) is 51.8 Å². The van der Waals surface area contributed by atoms with Crippen molar-refractivity contribution in [2.75, 3.05) is 31.1 Å². The molecule has 0 N–H and O–H groups in total. The summed E-state index contributed by atoms with van der Waals surface area (Å²) in [4.78, 5) is 21.3. The molecule has 152 valence electrons. The Hall–Kier alpha value is -2.45. The highest BCUT2D eigenvalue weighted by Gasteiger charge is 2.22. The molecule has 1 aliphatic rings. The van der Waals surface area contributed by atoms with Gasteiger partial charge in [0.25, 0.3) is 0 Å². The van der Waals surface area contributed by atoms with Gasteiger partial charge in [0.1, 0.15) is 5.82 Å². The Morgan fingerprint density at radius 3 is 2.48 bits per heavy atom. The van der Waals surface area contributed by atoms with Crippen molar-refractivity contribution in [3.8, 4) is 5.13 Å². The molecule has 0 atom stereocenters. The fraction of sp³-hybridized carbons (Fsp3) is 0.350. The van der Waals surface area contributed by atoms with Gasteiger partial charge in [-0.05, 0) is 38.1 Å². The van der Waals surface area contributed by atoms with Crippen LogP contribution in [0, 0.1) is 19.7 Å². The van der Waals surface area contributed by atoms with Crippen molar-refractivity contribution in [2.24, 2.45) is 0 Å². The van der Waals surface area contributed by atoms with Crippen molar-refractivity contribution < 1.29 is 9.18 Å². The highest BCUT2D eigenvalue weighted by Crippen LogP contribution is 2.24. The van der Waals surface area contributed by atoms with Crippen LogP contribution in [0.4, 0.5) is 10.1 Å². The maximum atomic E-state index is 13.1. The molecule has 1 saturated heterocycles. The number of hydrogen-bond donors (Lipinski definition) is 0. The van der Waals surface area contributed by atoms with Gasteiger partial charge in [-0.1, -0.05) is 11.6 Å². The maximum absolute atomic E-state index is 13.1. The number of benzene rings is 1. The molecule has 1 aliphatic heterocycles. The molecule has 0 saturated carbocycles. The molecular formula is C20H21ClFN5OS. The number of rotatable bonds is 4. The number of piperazine rings is 1. The quantitative estimate of drug-likeness (QED) is 0.630. The van der Waals surface area contributed by atoms with Crippen LogP contribution in [-0.2, 0) is 11.2 Å². The Bertz CT molecular complexity index is 1020. The molecule has 0 bridgehead atoms. The molecule has 0 aliphatic carbocycles. The minimum absolute atomic E-state index is 0.0620. The lowest BCUT2D eigenvalue weighted by molar-refractivity contribution is -0.130. The van der Waals surface area contributed by atoms with Crippen LogP contribution in [0.25, 0.3) is 5.13 Å². The third kappa shape index (κ3) is 4.13. The molecule has 9 heteroatoms. The van der Waals surface area contributed by atoms with Crippen molar-refractivity contribution >= 4 is 34.5 Å². The van der Waals surface area contributed by atoms with Gasteiger partial charge in [-0.15, -0.1) is 11.3 Å². The van der Waals surface area contributed by atoms with Gasteiger partial charge in [0.15, 0.2) is 0 Å². The molecule has 3 heterocycles. The van der Waals surface area contributed by atoms with E-state index in [9.17, 15) is 9.18 Å². The summed E-state index contributed by atoms with van der Waals surface area (Å²) in [7, 11) is 0. The minimum atomic E-state index is -0.243. The number of halogens is 2. The third-order valence-electron chi connectivity index (χ3n) is 5.08. The second-order valence-electron chi connectivity index (χ2n) is 7.04. The van der Waals surface area contributed by atoms with Crippen molar-refractivity contribution in [3.05, 3.63) is 57.6 Å². The largest absolute Gasteiger partial charge is 0.368 e. The number of carbonyl (C=O) groups is 1. The van der Waals surface area contributed by atoms with E-state index in [-0.39, 0.29) is 18.1 Å². The van der Waals surface area contributed by atoms with Gasteiger partial charge < -0.3 is 9.80 Å². The SMILES string of the molecule is Cc1nn(-c2nc(CC(=O)N3CCN(c4ccc(F)cc4)CC3)cs2)c(C)c1Cl. The van der Waals surface area contributed by atoms with Gasteiger partial charge >= 0.3 is 0 Å². The molecule has 3 aromatic rings. The molecular weight excluding hydrogens is 413 g/mol. The molecule has 0 spiro atoms. The lowest BCUT2D eigenvalue weighted by atomic mass is 10.2. The van der Waals surface area contributed by atoms with E-state index in [1.54, 1.807) is 16.8 Å². The van der Waals surface area contributed by atoms with Crippen molar-refractivity contribution in [1.82, 2.24) is 19.7 Å². The number of amides is 1. The molecule has 4 rings (SSSR count). The number of anilines is 1. The summed E-state index contributed by atoms with van der Waals surface area (Å²) >= 11 is 7.66. The normalized spacial score (nSPS) is 14.5. The van der Waals surface area contributed by atoms with Crippen LogP contribution in [0.2, 0.25) is 5.02 Å². The molecule has 1 fully saturated rings.